The van der Waals surface area contributed by atoms with Crippen molar-refractivity contribution in [1.82, 2.24) is 5.32 Å². The topological polar surface area (TPSA) is 24.1 Å². The predicted octanol–water partition coefficient (Wildman–Crippen LogP) is 2.67. The van der Waals surface area contributed by atoms with E-state index in [9.17, 15) is 0 Å². The molecule has 0 bridgehead atoms. The second kappa shape index (κ2) is 4.58. The summed E-state index contributed by atoms with van der Waals surface area (Å²) < 4.78 is 1.05. The number of rotatable bonds is 1. The molecule has 2 N–H and O–H groups in total. The quantitative estimate of drug-likeness (QED) is 0.758. The molecule has 1 rings (SSSR count). The molecule has 0 amide bonds. The van der Waals surface area contributed by atoms with Crippen LogP contribution in [0.4, 0.5) is 5.69 Å². The molecule has 1 aromatic carbocycles. The Kier molecular flexibility index (Phi) is 3.69. The Bertz CT molecular complexity index is 305. The molecule has 0 aliphatic rings. The van der Waals surface area contributed by atoms with E-state index in [0.29, 0.717) is 5.11 Å². The van der Waals surface area contributed by atoms with Gasteiger partial charge in [-0.1, -0.05) is 15.9 Å². The number of thiocarbonyl (C=S) groups is 1. The lowest BCUT2D eigenvalue weighted by Gasteiger charge is -2.08. The van der Waals surface area contributed by atoms with Crippen molar-refractivity contribution in [2.75, 3.05) is 12.4 Å². The minimum absolute atomic E-state index is 0.623. The molecule has 0 saturated heterocycles. The van der Waals surface area contributed by atoms with E-state index in [-0.39, 0.29) is 0 Å². The smallest absolute Gasteiger partial charge is 0.170 e. The summed E-state index contributed by atoms with van der Waals surface area (Å²) in [6.45, 7) is 2.04. The molecule has 70 valence electrons. The number of aryl methyl sites for hydroxylation is 1. The van der Waals surface area contributed by atoms with Crippen molar-refractivity contribution >= 4 is 38.9 Å². The van der Waals surface area contributed by atoms with Crippen molar-refractivity contribution in [3.05, 3.63) is 28.2 Å². The lowest BCUT2D eigenvalue weighted by Crippen LogP contribution is -2.24. The molecule has 0 heterocycles. The molecule has 0 aromatic heterocycles. The van der Waals surface area contributed by atoms with Crippen molar-refractivity contribution in [2.24, 2.45) is 0 Å². The van der Waals surface area contributed by atoms with Crippen LogP contribution in [0.15, 0.2) is 22.7 Å². The summed E-state index contributed by atoms with van der Waals surface area (Å²) in [7, 11) is 1.79. The van der Waals surface area contributed by atoms with Gasteiger partial charge in [-0.3, -0.25) is 0 Å². The number of nitrogens with one attached hydrogen (secondary N) is 2. The summed E-state index contributed by atoms with van der Waals surface area (Å²) in [5.41, 5.74) is 2.18. The number of anilines is 1. The Labute approximate surface area is 91.9 Å². The van der Waals surface area contributed by atoms with Crippen LogP contribution in [0.5, 0.6) is 0 Å². The lowest BCUT2D eigenvalue weighted by molar-refractivity contribution is 1.19. The maximum Gasteiger partial charge on any atom is 0.170 e. The zero-order chi connectivity index (χ0) is 9.84. The highest BCUT2D eigenvalue weighted by Gasteiger charge is 1.97. The van der Waals surface area contributed by atoms with Gasteiger partial charge in [-0.05, 0) is 42.9 Å². The highest BCUT2D eigenvalue weighted by Crippen LogP contribution is 2.18. The molecule has 1 aromatic rings. The maximum atomic E-state index is 4.99. The molecule has 0 saturated carbocycles. The Balaban J connectivity index is 2.83. The third-order valence-electron chi connectivity index (χ3n) is 1.53. The zero-order valence-corrected chi connectivity index (χ0v) is 9.92. The van der Waals surface area contributed by atoms with Crippen LogP contribution >= 0.6 is 28.1 Å². The number of hydrogen-bond donors (Lipinski definition) is 2. The predicted molar refractivity (Wildman–Crippen MR) is 64.2 cm³/mol. The molecule has 0 spiro atoms. The number of halogens is 1. The van der Waals surface area contributed by atoms with Gasteiger partial charge in [0.25, 0.3) is 0 Å². The fraction of sp³-hybridized carbons (Fsp3) is 0.222. The van der Waals surface area contributed by atoms with E-state index in [1.165, 1.54) is 5.56 Å². The van der Waals surface area contributed by atoms with Gasteiger partial charge in [-0.25, -0.2) is 0 Å². The second-order valence-electron chi connectivity index (χ2n) is 2.72. The average molecular weight is 259 g/mol. The second-order valence-corrected chi connectivity index (χ2v) is 4.05. The van der Waals surface area contributed by atoms with Crippen LogP contribution in [-0.2, 0) is 0 Å². The minimum Gasteiger partial charge on any atom is -0.366 e. The first-order valence-electron chi connectivity index (χ1n) is 3.88. The van der Waals surface area contributed by atoms with Gasteiger partial charge in [0, 0.05) is 17.2 Å². The first kappa shape index (κ1) is 10.5. The van der Waals surface area contributed by atoms with Gasteiger partial charge in [0.15, 0.2) is 5.11 Å². The van der Waals surface area contributed by atoms with Gasteiger partial charge in [0.2, 0.25) is 0 Å². The van der Waals surface area contributed by atoms with Crippen LogP contribution in [-0.4, -0.2) is 12.2 Å². The van der Waals surface area contributed by atoms with E-state index >= 15 is 0 Å². The summed E-state index contributed by atoms with van der Waals surface area (Å²) in [5, 5.41) is 6.54. The van der Waals surface area contributed by atoms with Gasteiger partial charge in [0.05, 0.1) is 0 Å². The normalized spacial score (nSPS) is 9.46. The van der Waals surface area contributed by atoms with Crippen LogP contribution in [0, 0.1) is 6.92 Å². The molecule has 0 fully saturated rings. The van der Waals surface area contributed by atoms with Crippen molar-refractivity contribution < 1.29 is 0 Å². The summed E-state index contributed by atoms with van der Waals surface area (Å²) in [5.74, 6) is 0. The van der Waals surface area contributed by atoms with Gasteiger partial charge in [0.1, 0.15) is 0 Å². The molecule has 0 aliphatic carbocycles. The van der Waals surface area contributed by atoms with E-state index in [2.05, 4.69) is 26.6 Å². The molecular formula is C9H11BrN2S. The summed E-state index contributed by atoms with van der Waals surface area (Å²) in [6, 6.07) is 6.07. The van der Waals surface area contributed by atoms with E-state index in [0.717, 1.165) is 10.2 Å². The Morgan fingerprint density at radius 2 is 2.08 bits per heavy atom. The van der Waals surface area contributed by atoms with Crippen LogP contribution in [0.3, 0.4) is 0 Å². The first-order chi connectivity index (χ1) is 6.11. The Morgan fingerprint density at radius 1 is 1.38 bits per heavy atom. The van der Waals surface area contributed by atoms with Crippen molar-refractivity contribution in [3.8, 4) is 0 Å². The third kappa shape index (κ3) is 3.32. The minimum atomic E-state index is 0.623. The van der Waals surface area contributed by atoms with Crippen LogP contribution in [0.1, 0.15) is 5.56 Å². The molecular weight excluding hydrogens is 248 g/mol. The molecule has 13 heavy (non-hydrogen) atoms. The van der Waals surface area contributed by atoms with Crippen molar-refractivity contribution in [3.63, 3.8) is 0 Å². The molecule has 0 radical (unpaired) electrons. The summed E-state index contributed by atoms with van der Waals surface area (Å²) >= 11 is 8.41. The number of benzene rings is 1. The molecule has 0 unspecified atom stereocenters. The highest BCUT2D eigenvalue weighted by molar-refractivity contribution is 9.10. The van der Waals surface area contributed by atoms with E-state index < -0.39 is 0 Å². The first-order valence-corrected chi connectivity index (χ1v) is 5.08. The molecule has 0 atom stereocenters. The number of hydrogen-bond acceptors (Lipinski definition) is 1. The SMILES string of the molecule is CNC(=S)Nc1cc(C)cc(Br)c1. The van der Waals surface area contributed by atoms with Crippen LogP contribution in [0.2, 0.25) is 0 Å². The van der Waals surface area contributed by atoms with Gasteiger partial charge < -0.3 is 10.6 Å². The third-order valence-corrected chi connectivity index (χ3v) is 2.29. The van der Waals surface area contributed by atoms with E-state index in [1.807, 2.05) is 25.1 Å². The van der Waals surface area contributed by atoms with Crippen molar-refractivity contribution in [1.29, 1.82) is 0 Å². The molecule has 2 nitrogen and oxygen atoms in total. The monoisotopic (exact) mass is 258 g/mol. The Hall–Kier alpha value is -0.610. The lowest BCUT2D eigenvalue weighted by atomic mass is 10.2. The summed E-state index contributed by atoms with van der Waals surface area (Å²) in [6.07, 6.45) is 0. The van der Waals surface area contributed by atoms with Gasteiger partial charge in [-0.15, -0.1) is 0 Å². The fourth-order valence-corrected chi connectivity index (χ4v) is 1.73. The van der Waals surface area contributed by atoms with Crippen LogP contribution in [0.25, 0.3) is 0 Å². The van der Waals surface area contributed by atoms with Gasteiger partial charge in [-0.2, -0.15) is 0 Å². The Morgan fingerprint density at radius 3 is 2.62 bits per heavy atom. The van der Waals surface area contributed by atoms with E-state index in [1.54, 1.807) is 7.05 Å². The van der Waals surface area contributed by atoms with E-state index in [4.69, 9.17) is 12.2 Å². The molecule has 0 aliphatic heterocycles. The van der Waals surface area contributed by atoms with Crippen LogP contribution < -0.4 is 10.6 Å². The maximum absolute atomic E-state index is 4.99. The summed E-state index contributed by atoms with van der Waals surface area (Å²) in [4.78, 5) is 0. The standard InChI is InChI=1S/C9H11BrN2S/c1-6-3-7(10)5-8(4-6)12-9(13)11-2/h3-5H,1-2H3,(H2,11,12,13). The highest BCUT2D eigenvalue weighted by atomic mass is 79.9. The average Bonchev–Trinajstić information content (AvgIpc) is 2.02. The largest absolute Gasteiger partial charge is 0.366 e. The zero-order valence-electron chi connectivity index (χ0n) is 7.52. The van der Waals surface area contributed by atoms with Crippen molar-refractivity contribution in [2.45, 2.75) is 6.92 Å². The molecule has 4 heteroatoms. The van der Waals surface area contributed by atoms with Gasteiger partial charge >= 0.3 is 0 Å². The fourth-order valence-electron chi connectivity index (χ4n) is 1.00.